The van der Waals surface area contributed by atoms with Crippen molar-refractivity contribution in [3.63, 3.8) is 0 Å². The van der Waals surface area contributed by atoms with E-state index in [0.717, 1.165) is 0 Å². The molecule has 0 aliphatic heterocycles. The summed E-state index contributed by atoms with van der Waals surface area (Å²) in [6.45, 7) is 15.1. The molecule has 0 bridgehead atoms. The van der Waals surface area contributed by atoms with Crippen LogP contribution in [0.5, 0.6) is 0 Å². The Bertz CT molecular complexity index is 236. The second-order valence-corrected chi connectivity index (χ2v) is 16.3. The summed E-state index contributed by atoms with van der Waals surface area (Å²) in [5.74, 6) is 0. The topological polar surface area (TPSA) is 35.5 Å². The first kappa shape index (κ1) is 15.4. The maximum absolute atomic E-state index is 12.7. The third-order valence-electron chi connectivity index (χ3n) is 3.12. The average molecular weight is 252 g/mol. The first-order valence-electron chi connectivity index (χ1n) is 5.51. The Hall–Kier alpha value is 0.367. The van der Waals surface area contributed by atoms with Crippen LogP contribution in [0.1, 0.15) is 34.6 Å². The minimum atomic E-state index is -2.90. The molecule has 15 heavy (non-hydrogen) atoms. The highest BCUT2D eigenvalue weighted by Crippen LogP contribution is 2.65. The fraction of sp³-hybridized carbons (Fsp3) is 1.00. The van der Waals surface area contributed by atoms with Gasteiger partial charge in [0.05, 0.1) is 13.2 Å². The zero-order valence-corrected chi connectivity index (χ0v) is 13.0. The molecule has 0 aliphatic rings. The zero-order valence-electron chi connectivity index (χ0n) is 11.1. The van der Waals surface area contributed by atoms with Crippen LogP contribution in [-0.2, 0) is 13.6 Å². The molecule has 0 amide bonds. The fourth-order valence-electron chi connectivity index (χ4n) is 1.11. The van der Waals surface area contributed by atoms with E-state index in [0.29, 0.717) is 13.2 Å². The molecule has 0 unspecified atom stereocenters. The van der Waals surface area contributed by atoms with Crippen LogP contribution >= 0.6 is 7.14 Å². The Morgan fingerprint density at radius 3 is 1.60 bits per heavy atom. The number of hydrogen-bond acceptors (Lipinski definition) is 3. The van der Waals surface area contributed by atoms with Gasteiger partial charge in [0.2, 0.25) is 0 Å². The van der Waals surface area contributed by atoms with E-state index < -0.39 is 14.9 Å². The fourth-order valence-corrected chi connectivity index (χ4v) is 8.51. The number of rotatable bonds is 5. The van der Waals surface area contributed by atoms with Crippen LogP contribution in [0.3, 0.4) is 0 Å². The smallest absolute Gasteiger partial charge is 0.297 e. The molecule has 0 rings (SSSR count). The van der Waals surface area contributed by atoms with Gasteiger partial charge in [0.1, 0.15) is 0 Å². The van der Waals surface area contributed by atoms with Crippen molar-refractivity contribution in [2.45, 2.75) is 52.8 Å². The van der Waals surface area contributed by atoms with Gasteiger partial charge in [-0.1, -0.05) is 33.9 Å². The lowest BCUT2D eigenvalue weighted by Gasteiger charge is -2.40. The molecule has 0 saturated carbocycles. The molecule has 92 valence electrons. The summed E-state index contributed by atoms with van der Waals surface area (Å²) in [5, 5.41) is 0.00681. The summed E-state index contributed by atoms with van der Waals surface area (Å²) in [6, 6.07) is 0. The van der Waals surface area contributed by atoms with Gasteiger partial charge in [-0.3, -0.25) is 4.57 Å². The van der Waals surface area contributed by atoms with Crippen molar-refractivity contribution >= 4 is 14.9 Å². The molecule has 5 heteroatoms. The van der Waals surface area contributed by atoms with E-state index in [1.807, 2.05) is 13.8 Å². The molecular formula is C10H25O3PSi. The monoisotopic (exact) mass is 252 g/mol. The Labute approximate surface area is 94.9 Å². The van der Waals surface area contributed by atoms with Crippen molar-refractivity contribution in [2.24, 2.45) is 0 Å². The zero-order chi connectivity index (χ0) is 12.3. The maximum atomic E-state index is 12.7. The molecule has 0 radical (unpaired) electrons. The Morgan fingerprint density at radius 2 is 1.40 bits per heavy atom. The summed E-state index contributed by atoms with van der Waals surface area (Å²) in [5.41, 5.74) is 0. The molecule has 3 nitrogen and oxygen atoms in total. The van der Waals surface area contributed by atoms with Crippen LogP contribution in [0.4, 0.5) is 0 Å². The van der Waals surface area contributed by atoms with Crippen LogP contribution in [0.2, 0.25) is 18.1 Å². The molecule has 0 spiro atoms. The predicted octanol–water partition coefficient (Wildman–Crippen LogP) is 4.26. The second kappa shape index (κ2) is 5.13. The van der Waals surface area contributed by atoms with Crippen LogP contribution in [0, 0.1) is 0 Å². The minimum absolute atomic E-state index is 0.00681. The van der Waals surface area contributed by atoms with Gasteiger partial charge in [0, 0.05) is 0 Å². The molecule has 0 aromatic carbocycles. The van der Waals surface area contributed by atoms with Crippen molar-refractivity contribution in [3.8, 4) is 0 Å². The normalized spacial score (nSPS) is 14.3. The van der Waals surface area contributed by atoms with Gasteiger partial charge in [-0.05, 0) is 18.9 Å². The van der Waals surface area contributed by atoms with E-state index in [2.05, 4.69) is 33.9 Å². The summed E-state index contributed by atoms with van der Waals surface area (Å²) >= 11 is 0. The summed E-state index contributed by atoms with van der Waals surface area (Å²) in [6.07, 6.45) is 0. The Kier molecular flexibility index (Phi) is 5.26. The van der Waals surface area contributed by atoms with Gasteiger partial charge >= 0.3 is 0 Å². The van der Waals surface area contributed by atoms with Gasteiger partial charge in [-0.2, -0.15) is 0 Å². The lowest BCUT2D eigenvalue weighted by Crippen LogP contribution is -2.38. The van der Waals surface area contributed by atoms with E-state index in [1.165, 1.54) is 0 Å². The molecule has 0 N–H and O–H groups in total. The van der Waals surface area contributed by atoms with Crippen LogP contribution in [-0.4, -0.2) is 21.0 Å². The van der Waals surface area contributed by atoms with E-state index in [-0.39, 0.29) is 5.04 Å². The third kappa shape index (κ3) is 3.16. The van der Waals surface area contributed by atoms with Crippen LogP contribution in [0.15, 0.2) is 0 Å². The molecule has 0 aromatic heterocycles. The highest BCUT2D eigenvalue weighted by Gasteiger charge is 2.53. The lowest BCUT2D eigenvalue weighted by molar-refractivity contribution is 0.231. The van der Waals surface area contributed by atoms with Gasteiger partial charge in [0.15, 0.2) is 7.74 Å². The van der Waals surface area contributed by atoms with Crippen molar-refractivity contribution in [3.05, 3.63) is 0 Å². The van der Waals surface area contributed by atoms with Crippen LogP contribution in [0.25, 0.3) is 0 Å². The van der Waals surface area contributed by atoms with E-state index >= 15 is 0 Å². The first-order chi connectivity index (χ1) is 6.62. The van der Waals surface area contributed by atoms with Gasteiger partial charge < -0.3 is 9.05 Å². The van der Waals surface area contributed by atoms with Gasteiger partial charge in [-0.25, -0.2) is 0 Å². The van der Waals surface area contributed by atoms with Crippen molar-refractivity contribution in [1.29, 1.82) is 0 Å². The third-order valence-corrected chi connectivity index (χ3v) is 16.2. The molecule has 0 heterocycles. The molecule has 0 saturated heterocycles. The summed E-state index contributed by atoms with van der Waals surface area (Å²) in [4.78, 5) is 0. The Morgan fingerprint density at radius 1 is 1.07 bits per heavy atom. The van der Waals surface area contributed by atoms with Crippen molar-refractivity contribution < 1.29 is 13.6 Å². The summed E-state index contributed by atoms with van der Waals surface area (Å²) in [7, 11) is -4.99. The van der Waals surface area contributed by atoms with Gasteiger partial charge in [-0.15, -0.1) is 0 Å². The van der Waals surface area contributed by atoms with E-state index in [4.69, 9.17) is 9.05 Å². The highest BCUT2D eigenvalue weighted by molar-refractivity contribution is 7.93. The van der Waals surface area contributed by atoms with Gasteiger partial charge in [0.25, 0.3) is 7.14 Å². The lowest BCUT2D eigenvalue weighted by atomic mass is 10.2. The Balaban J connectivity index is 5.16. The maximum Gasteiger partial charge on any atom is 0.297 e. The quantitative estimate of drug-likeness (QED) is 0.542. The molecular weight excluding hydrogens is 227 g/mol. The van der Waals surface area contributed by atoms with Crippen LogP contribution < -0.4 is 0 Å². The highest BCUT2D eigenvalue weighted by atomic mass is 31.4. The average Bonchev–Trinajstić information content (AvgIpc) is 2.02. The van der Waals surface area contributed by atoms with E-state index in [9.17, 15) is 4.57 Å². The summed E-state index contributed by atoms with van der Waals surface area (Å²) < 4.78 is 23.6. The predicted molar refractivity (Wildman–Crippen MR) is 68.1 cm³/mol. The van der Waals surface area contributed by atoms with Crippen molar-refractivity contribution in [2.75, 3.05) is 13.2 Å². The minimum Gasteiger partial charge on any atom is -0.313 e. The molecule has 0 atom stereocenters. The molecule has 0 aromatic rings. The molecule has 0 aliphatic carbocycles. The van der Waals surface area contributed by atoms with Crippen molar-refractivity contribution in [1.82, 2.24) is 0 Å². The molecule has 0 fully saturated rings. The van der Waals surface area contributed by atoms with E-state index in [1.54, 1.807) is 0 Å². The SMILES string of the molecule is CCOP(=O)(OCC)[Si](C)(C)C(C)(C)C. The number of hydrogen-bond donors (Lipinski definition) is 0. The largest absolute Gasteiger partial charge is 0.313 e. The standard InChI is InChI=1S/C10H25O3PSi/c1-8-12-14(11,13-9-2)15(6,7)10(3,4)5/h8-9H2,1-7H3. The first-order valence-corrected chi connectivity index (χ1v) is 10.9. The second-order valence-electron chi connectivity index (χ2n) is 5.14.